The van der Waals surface area contributed by atoms with Gasteiger partial charge in [0.05, 0.1) is 0 Å². The summed E-state index contributed by atoms with van der Waals surface area (Å²) < 4.78 is 0. The Balaban J connectivity index is 2.10. The Kier molecular flexibility index (Phi) is 5.45. The monoisotopic (exact) mass is 316 g/mol. The van der Waals surface area contributed by atoms with Crippen molar-refractivity contribution < 1.29 is 9.59 Å². The van der Waals surface area contributed by atoms with E-state index in [4.69, 9.17) is 0 Å². The summed E-state index contributed by atoms with van der Waals surface area (Å²) in [6.07, 6.45) is 5.18. The molecule has 126 valence electrons. The molecule has 0 aliphatic heterocycles. The Bertz CT molecular complexity index is 587. The van der Waals surface area contributed by atoms with E-state index >= 15 is 0 Å². The van der Waals surface area contributed by atoms with Gasteiger partial charge >= 0.3 is 0 Å². The first-order chi connectivity index (χ1) is 10.9. The zero-order valence-electron chi connectivity index (χ0n) is 14.7. The van der Waals surface area contributed by atoms with Gasteiger partial charge in [-0.05, 0) is 51.2 Å². The zero-order chi connectivity index (χ0) is 17.0. The van der Waals surface area contributed by atoms with Crippen LogP contribution in [0.4, 0.5) is 5.69 Å². The summed E-state index contributed by atoms with van der Waals surface area (Å²) in [6, 6.07) is 6.19. The third kappa shape index (κ3) is 3.92. The van der Waals surface area contributed by atoms with Gasteiger partial charge in [0.2, 0.25) is 11.8 Å². The summed E-state index contributed by atoms with van der Waals surface area (Å²) in [5, 5.41) is 6.01. The predicted molar refractivity (Wildman–Crippen MR) is 93.4 cm³/mol. The third-order valence-corrected chi connectivity index (χ3v) is 4.80. The smallest absolute Gasteiger partial charge is 0.239 e. The number of nitrogens with one attached hydrogen (secondary N) is 2. The fourth-order valence-corrected chi connectivity index (χ4v) is 3.01. The maximum Gasteiger partial charge on any atom is 0.239 e. The quantitative estimate of drug-likeness (QED) is 0.816. The first-order valence-electron chi connectivity index (χ1n) is 8.57. The third-order valence-electron chi connectivity index (χ3n) is 4.80. The van der Waals surface area contributed by atoms with Crippen LogP contribution in [0.15, 0.2) is 18.2 Å². The minimum absolute atomic E-state index is 0.187. The molecular weight excluding hydrogens is 288 g/mol. The number of hydrogen-bond donors (Lipinski definition) is 2. The highest BCUT2D eigenvalue weighted by molar-refractivity contribution is 6.10. The van der Waals surface area contributed by atoms with E-state index in [1.54, 1.807) is 13.8 Å². The standard InChI is InChI=1S/C19H28N2O2/c1-5-14-10-8-9-13(2)16(14)21-18(23)19(3,4)17(22)20-15-11-6-7-12-15/h8-10,15H,5-7,11-12H2,1-4H3,(H,20,22)(H,21,23). The Morgan fingerprint density at radius 2 is 1.83 bits per heavy atom. The zero-order valence-corrected chi connectivity index (χ0v) is 14.7. The van der Waals surface area contributed by atoms with Crippen molar-refractivity contribution in [3.63, 3.8) is 0 Å². The molecule has 2 N–H and O–H groups in total. The molecule has 1 aromatic rings. The number of rotatable bonds is 5. The van der Waals surface area contributed by atoms with Crippen LogP contribution in [0, 0.1) is 12.3 Å². The van der Waals surface area contributed by atoms with Crippen LogP contribution in [-0.2, 0) is 16.0 Å². The summed E-state index contributed by atoms with van der Waals surface area (Å²) in [4.78, 5) is 25.2. The highest BCUT2D eigenvalue weighted by Crippen LogP contribution is 2.26. The van der Waals surface area contributed by atoms with E-state index in [2.05, 4.69) is 17.6 Å². The largest absolute Gasteiger partial charge is 0.352 e. The second kappa shape index (κ2) is 7.16. The average molecular weight is 316 g/mol. The van der Waals surface area contributed by atoms with Crippen molar-refractivity contribution in [3.05, 3.63) is 29.3 Å². The van der Waals surface area contributed by atoms with Crippen molar-refractivity contribution in [1.82, 2.24) is 5.32 Å². The molecule has 1 aromatic carbocycles. The van der Waals surface area contributed by atoms with Gasteiger partial charge in [-0.2, -0.15) is 0 Å². The molecule has 2 rings (SSSR count). The van der Waals surface area contributed by atoms with E-state index < -0.39 is 5.41 Å². The molecule has 0 radical (unpaired) electrons. The maximum atomic E-state index is 12.7. The van der Waals surface area contributed by atoms with Crippen LogP contribution < -0.4 is 10.6 Å². The lowest BCUT2D eigenvalue weighted by atomic mass is 9.90. The van der Waals surface area contributed by atoms with Crippen molar-refractivity contribution in [2.24, 2.45) is 5.41 Å². The highest BCUT2D eigenvalue weighted by Gasteiger charge is 2.37. The van der Waals surface area contributed by atoms with Crippen molar-refractivity contribution >= 4 is 17.5 Å². The van der Waals surface area contributed by atoms with Gasteiger partial charge in [0, 0.05) is 11.7 Å². The lowest BCUT2D eigenvalue weighted by Crippen LogP contribution is -2.48. The summed E-state index contributed by atoms with van der Waals surface area (Å²) in [6.45, 7) is 7.41. The van der Waals surface area contributed by atoms with Crippen molar-refractivity contribution in [1.29, 1.82) is 0 Å². The van der Waals surface area contributed by atoms with Crippen molar-refractivity contribution in [2.45, 2.75) is 65.8 Å². The van der Waals surface area contributed by atoms with E-state index in [-0.39, 0.29) is 17.9 Å². The van der Waals surface area contributed by atoms with Gasteiger partial charge in [0.25, 0.3) is 0 Å². The molecule has 4 heteroatoms. The molecule has 23 heavy (non-hydrogen) atoms. The van der Waals surface area contributed by atoms with Crippen LogP contribution in [0.25, 0.3) is 0 Å². The first-order valence-corrected chi connectivity index (χ1v) is 8.57. The Morgan fingerprint density at radius 3 is 2.43 bits per heavy atom. The normalized spacial score (nSPS) is 15.5. The molecule has 0 heterocycles. The Hall–Kier alpha value is -1.84. The van der Waals surface area contributed by atoms with Crippen LogP contribution in [0.2, 0.25) is 0 Å². The molecule has 1 fully saturated rings. The number of hydrogen-bond acceptors (Lipinski definition) is 2. The molecule has 0 bridgehead atoms. The summed E-state index contributed by atoms with van der Waals surface area (Å²) in [5.41, 5.74) is 1.85. The number of carbonyl (C=O) groups is 2. The minimum Gasteiger partial charge on any atom is -0.352 e. The number of aryl methyl sites for hydroxylation is 2. The molecule has 1 aliphatic carbocycles. The second-order valence-corrected chi connectivity index (χ2v) is 7.00. The number of para-hydroxylation sites is 1. The number of carbonyl (C=O) groups excluding carboxylic acids is 2. The van der Waals surface area contributed by atoms with E-state index in [1.807, 2.05) is 25.1 Å². The highest BCUT2D eigenvalue weighted by atomic mass is 16.2. The fraction of sp³-hybridized carbons (Fsp3) is 0.579. The van der Waals surface area contributed by atoms with Gasteiger partial charge < -0.3 is 10.6 Å². The van der Waals surface area contributed by atoms with Crippen LogP contribution in [0.1, 0.15) is 57.6 Å². The molecule has 0 saturated heterocycles. The van der Waals surface area contributed by atoms with Gasteiger partial charge in [-0.3, -0.25) is 9.59 Å². The van der Waals surface area contributed by atoms with Gasteiger partial charge in [0.1, 0.15) is 5.41 Å². The van der Waals surface area contributed by atoms with Crippen LogP contribution in [0.3, 0.4) is 0 Å². The number of benzene rings is 1. The number of amides is 2. The van der Waals surface area contributed by atoms with Gasteiger partial charge in [0.15, 0.2) is 0 Å². The van der Waals surface area contributed by atoms with E-state index in [0.717, 1.165) is 48.9 Å². The predicted octanol–water partition coefficient (Wildman–Crippen LogP) is 3.58. The molecule has 4 nitrogen and oxygen atoms in total. The van der Waals surface area contributed by atoms with Gasteiger partial charge in [-0.25, -0.2) is 0 Å². The summed E-state index contributed by atoms with van der Waals surface area (Å²) in [7, 11) is 0. The van der Waals surface area contributed by atoms with E-state index in [9.17, 15) is 9.59 Å². The molecule has 0 unspecified atom stereocenters. The Labute approximate surface area is 139 Å². The maximum absolute atomic E-state index is 12.7. The SMILES string of the molecule is CCc1cccc(C)c1NC(=O)C(C)(C)C(=O)NC1CCCC1. The second-order valence-electron chi connectivity index (χ2n) is 7.00. The molecule has 0 aromatic heterocycles. The summed E-state index contributed by atoms with van der Waals surface area (Å²) in [5.74, 6) is -0.439. The van der Waals surface area contributed by atoms with Crippen LogP contribution in [0.5, 0.6) is 0 Å². The van der Waals surface area contributed by atoms with E-state index in [0.29, 0.717) is 0 Å². The molecule has 0 spiro atoms. The van der Waals surface area contributed by atoms with Crippen molar-refractivity contribution in [3.8, 4) is 0 Å². The molecule has 1 saturated carbocycles. The lowest BCUT2D eigenvalue weighted by Gasteiger charge is -2.26. The topological polar surface area (TPSA) is 58.2 Å². The molecular formula is C19H28N2O2. The molecule has 2 amide bonds. The van der Waals surface area contributed by atoms with Crippen molar-refractivity contribution in [2.75, 3.05) is 5.32 Å². The molecule has 1 aliphatic rings. The van der Waals surface area contributed by atoms with E-state index in [1.165, 1.54) is 0 Å². The number of anilines is 1. The molecule has 0 atom stereocenters. The first kappa shape index (κ1) is 17.5. The lowest BCUT2D eigenvalue weighted by molar-refractivity contribution is -0.138. The van der Waals surface area contributed by atoms with Gasteiger partial charge in [-0.1, -0.05) is 38.0 Å². The van der Waals surface area contributed by atoms with Crippen LogP contribution >= 0.6 is 0 Å². The minimum atomic E-state index is -1.09. The average Bonchev–Trinajstić information content (AvgIpc) is 3.01. The van der Waals surface area contributed by atoms with Gasteiger partial charge in [-0.15, -0.1) is 0 Å². The summed E-state index contributed by atoms with van der Waals surface area (Å²) >= 11 is 0. The fourth-order valence-electron chi connectivity index (χ4n) is 3.01. The Morgan fingerprint density at radius 1 is 1.17 bits per heavy atom. The van der Waals surface area contributed by atoms with Crippen LogP contribution in [-0.4, -0.2) is 17.9 Å².